The smallest absolute Gasteiger partial charge is 0.269 e. The van der Waals surface area contributed by atoms with Gasteiger partial charge in [-0.2, -0.15) is 5.10 Å². The van der Waals surface area contributed by atoms with E-state index in [9.17, 15) is 9.59 Å². The number of hydrogen-bond donors (Lipinski definition) is 1. The van der Waals surface area contributed by atoms with Crippen molar-refractivity contribution in [3.05, 3.63) is 36.2 Å². The van der Waals surface area contributed by atoms with Gasteiger partial charge in [0.2, 0.25) is 5.91 Å². The first kappa shape index (κ1) is 13.3. The molecule has 1 N–H and O–H groups in total. The molecule has 0 unspecified atom stereocenters. The van der Waals surface area contributed by atoms with Crippen molar-refractivity contribution in [3.63, 3.8) is 0 Å². The Hall–Kier alpha value is -2.37. The number of hydrogen-bond acceptors (Lipinski definition) is 3. The number of nitrogens with zero attached hydrogens (tertiary/aromatic N) is 3. The summed E-state index contributed by atoms with van der Waals surface area (Å²) in [5.41, 5.74) is 1.41. The summed E-state index contributed by atoms with van der Waals surface area (Å²) in [5, 5.41) is 7.11. The molecule has 1 atom stereocenters. The van der Waals surface area contributed by atoms with E-state index in [-0.39, 0.29) is 17.7 Å². The Morgan fingerprint density at radius 3 is 3.00 bits per heavy atom. The molecule has 0 bridgehead atoms. The predicted molar refractivity (Wildman–Crippen MR) is 80.4 cm³/mol. The maximum Gasteiger partial charge on any atom is 0.269 e. The van der Waals surface area contributed by atoms with Crippen LogP contribution >= 0.6 is 0 Å². The number of carbonyl (C=O) groups excluding carboxylic acids is 2. The molecule has 6 nitrogen and oxygen atoms in total. The SMILES string of the molecule is O=C(NC[C@H]1CC(=O)N(C2CC2)C1)c1cccc2ccnn12. The van der Waals surface area contributed by atoms with Gasteiger partial charge in [0.25, 0.3) is 5.91 Å². The highest BCUT2D eigenvalue weighted by atomic mass is 16.2. The summed E-state index contributed by atoms with van der Waals surface area (Å²) in [5.74, 6) is 0.302. The summed E-state index contributed by atoms with van der Waals surface area (Å²) >= 11 is 0. The molecule has 22 heavy (non-hydrogen) atoms. The highest BCUT2D eigenvalue weighted by Crippen LogP contribution is 2.32. The highest BCUT2D eigenvalue weighted by molar-refractivity contribution is 5.93. The van der Waals surface area contributed by atoms with Gasteiger partial charge >= 0.3 is 0 Å². The van der Waals surface area contributed by atoms with Crippen LogP contribution in [-0.4, -0.2) is 45.5 Å². The Bertz CT molecular complexity index is 735. The standard InChI is InChI=1S/C16H18N4O2/c21-15-8-11(10-19(15)12-4-5-12)9-17-16(22)14-3-1-2-13-6-7-18-20(13)14/h1-3,6-7,11-12H,4-5,8-10H2,(H,17,22)/t11-/m1/s1. The lowest BCUT2D eigenvalue weighted by Crippen LogP contribution is -2.32. The molecule has 0 radical (unpaired) electrons. The van der Waals surface area contributed by atoms with Crippen LogP contribution in [0.1, 0.15) is 29.8 Å². The van der Waals surface area contributed by atoms with Crippen molar-refractivity contribution in [2.75, 3.05) is 13.1 Å². The van der Waals surface area contributed by atoms with Crippen LogP contribution in [0.15, 0.2) is 30.5 Å². The molecular formula is C16H18N4O2. The molecule has 114 valence electrons. The van der Waals surface area contributed by atoms with E-state index in [1.165, 1.54) is 0 Å². The largest absolute Gasteiger partial charge is 0.350 e. The summed E-state index contributed by atoms with van der Waals surface area (Å²) in [7, 11) is 0. The number of likely N-dealkylation sites (tertiary alicyclic amines) is 1. The Morgan fingerprint density at radius 2 is 2.18 bits per heavy atom. The van der Waals surface area contributed by atoms with Gasteiger partial charge in [-0.15, -0.1) is 0 Å². The molecule has 2 aromatic rings. The molecule has 2 aromatic heterocycles. The van der Waals surface area contributed by atoms with Crippen molar-refractivity contribution in [3.8, 4) is 0 Å². The van der Waals surface area contributed by atoms with Crippen molar-refractivity contribution in [2.24, 2.45) is 5.92 Å². The van der Waals surface area contributed by atoms with Gasteiger partial charge in [0.05, 0.1) is 11.7 Å². The number of nitrogens with one attached hydrogen (secondary N) is 1. The Kier molecular flexibility index (Phi) is 3.10. The molecule has 3 heterocycles. The third kappa shape index (κ3) is 2.34. The molecule has 0 spiro atoms. The van der Waals surface area contributed by atoms with E-state index in [0.29, 0.717) is 24.7 Å². The molecule has 1 saturated heterocycles. The number of carbonyl (C=O) groups is 2. The van der Waals surface area contributed by atoms with Gasteiger partial charge in [0.1, 0.15) is 5.69 Å². The van der Waals surface area contributed by atoms with E-state index in [0.717, 1.165) is 24.9 Å². The van der Waals surface area contributed by atoms with Crippen LogP contribution in [-0.2, 0) is 4.79 Å². The Morgan fingerprint density at radius 1 is 1.32 bits per heavy atom. The fraction of sp³-hybridized carbons (Fsp3) is 0.438. The van der Waals surface area contributed by atoms with Crippen LogP contribution in [0.2, 0.25) is 0 Å². The summed E-state index contributed by atoms with van der Waals surface area (Å²) in [4.78, 5) is 26.2. The third-order valence-electron chi connectivity index (χ3n) is 4.43. The minimum atomic E-state index is -0.147. The number of aromatic nitrogens is 2. The van der Waals surface area contributed by atoms with Crippen molar-refractivity contribution >= 4 is 17.3 Å². The summed E-state index contributed by atoms with van der Waals surface area (Å²) in [6.45, 7) is 1.31. The molecular weight excluding hydrogens is 280 g/mol. The second kappa shape index (κ2) is 5.12. The summed E-state index contributed by atoms with van der Waals surface area (Å²) in [6, 6.07) is 7.84. The van der Waals surface area contributed by atoms with E-state index in [1.807, 2.05) is 23.1 Å². The first-order chi connectivity index (χ1) is 10.7. The van der Waals surface area contributed by atoms with Crippen LogP contribution < -0.4 is 5.32 Å². The lowest BCUT2D eigenvalue weighted by molar-refractivity contribution is -0.128. The first-order valence-corrected chi connectivity index (χ1v) is 7.73. The second-order valence-electron chi connectivity index (χ2n) is 6.14. The minimum absolute atomic E-state index is 0.147. The lowest BCUT2D eigenvalue weighted by Gasteiger charge is -2.15. The first-order valence-electron chi connectivity index (χ1n) is 7.73. The zero-order valence-corrected chi connectivity index (χ0v) is 12.2. The van der Waals surface area contributed by atoms with Gasteiger partial charge < -0.3 is 10.2 Å². The normalized spacial score (nSPS) is 21.5. The third-order valence-corrected chi connectivity index (χ3v) is 4.43. The predicted octanol–water partition coefficient (Wildman–Crippen LogP) is 1.07. The van der Waals surface area contributed by atoms with Crippen molar-refractivity contribution < 1.29 is 9.59 Å². The van der Waals surface area contributed by atoms with Gasteiger partial charge in [-0.3, -0.25) is 9.59 Å². The van der Waals surface area contributed by atoms with Gasteiger partial charge in [-0.1, -0.05) is 6.07 Å². The average molecular weight is 298 g/mol. The fourth-order valence-corrected chi connectivity index (χ4v) is 3.13. The van der Waals surface area contributed by atoms with E-state index >= 15 is 0 Å². The molecule has 1 aliphatic carbocycles. The molecule has 1 aliphatic heterocycles. The van der Waals surface area contributed by atoms with E-state index in [4.69, 9.17) is 0 Å². The molecule has 2 amide bonds. The number of fused-ring (bicyclic) bond motifs is 1. The highest BCUT2D eigenvalue weighted by Gasteiger charge is 2.39. The maximum absolute atomic E-state index is 12.4. The molecule has 4 rings (SSSR count). The Balaban J connectivity index is 1.40. The van der Waals surface area contributed by atoms with Crippen LogP contribution in [0.5, 0.6) is 0 Å². The van der Waals surface area contributed by atoms with E-state index in [2.05, 4.69) is 10.4 Å². The van der Waals surface area contributed by atoms with Crippen molar-refractivity contribution in [1.29, 1.82) is 0 Å². The number of pyridine rings is 1. The molecule has 1 saturated carbocycles. The van der Waals surface area contributed by atoms with Gasteiger partial charge in [0, 0.05) is 31.5 Å². The van der Waals surface area contributed by atoms with Crippen LogP contribution in [0, 0.1) is 5.92 Å². The number of rotatable bonds is 4. The topological polar surface area (TPSA) is 66.7 Å². The quantitative estimate of drug-likeness (QED) is 0.918. The van der Waals surface area contributed by atoms with Crippen molar-refractivity contribution in [2.45, 2.75) is 25.3 Å². The lowest BCUT2D eigenvalue weighted by atomic mass is 10.1. The zero-order valence-electron chi connectivity index (χ0n) is 12.2. The summed E-state index contributed by atoms with van der Waals surface area (Å²) < 4.78 is 1.63. The van der Waals surface area contributed by atoms with E-state index in [1.54, 1.807) is 16.8 Å². The number of amides is 2. The second-order valence-corrected chi connectivity index (χ2v) is 6.14. The zero-order chi connectivity index (χ0) is 15.1. The maximum atomic E-state index is 12.4. The van der Waals surface area contributed by atoms with Crippen molar-refractivity contribution in [1.82, 2.24) is 19.8 Å². The van der Waals surface area contributed by atoms with Gasteiger partial charge in [-0.25, -0.2) is 4.52 Å². The molecule has 2 aliphatic rings. The van der Waals surface area contributed by atoms with Gasteiger partial charge in [-0.05, 0) is 31.0 Å². The van der Waals surface area contributed by atoms with Gasteiger partial charge in [0.15, 0.2) is 0 Å². The van der Waals surface area contributed by atoms with Crippen LogP contribution in [0.3, 0.4) is 0 Å². The molecule has 6 heteroatoms. The minimum Gasteiger partial charge on any atom is -0.350 e. The molecule has 0 aromatic carbocycles. The Labute approximate surface area is 128 Å². The van der Waals surface area contributed by atoms with Crippen LogP contribution in [0.25, 0.3) is 5.52 Å². The fourth-order valence-electron chi connectivity index (χ4n) is 3.13. The average Bonchev–Trinajstić information content (AvgIpc) is 3.12. The van der Waals surface area contributed by atoms with E-state index < -0.39 is 0 Å². The molecule has 2 fully saturated rings. The van der Waals surface area contributed by atoms with Crippen LogP contribution in [0.4, 0.5) is 0 Å². The monoisotopic (exact) mass is 298 g/mol. The summed E-state index contributed by atoms with van der Waals surface area (Å²) in [6.07, 6.45) is 4.48.